The molecule has 0 saturated carbocycles. The monoisotopic (exact) mass is 355 g/mol. The summed E-state index contributed by atoms with van der Waals surface area (Å²) in [5.74, 6) is 1.38. The number of rotatable bonds is 5. The Kier molecular flexibility index (Phi) is 5.81. The van der Waals surface area contributed by atoms with Gasteiger partial charge in [-0.2, -0.15) is 0 Å². The van der Waals surface area contributed by atoms with Crippen LogP contribution in [0.1, 0.15) is 28.0 Å². The summed E-state index contributed by atoms with van der Waals surface area (Å²) < 4.78 is 10.7. The summed E-state index contributed by atoms with van der Waals surface area (Å²) in [4.78, 5) is 18.5. The minimum Gasteiger partial charge on any atom is -0.454 e. The summed E-state index contributed by atoms with van der Waals surface area (Å²) in [5, 5.41) is 2.52. The van der Waals surface area contributed by atoms with Crippen molar-refractivity contribution < 1.29 is 14.3 Å². The fourth-order valence-electron chi connectivity index (χ4n) is 2.25. The first-order chi connectivity index (χ1) is 10.7. The molecule has 8 heteroatoms. The summed E-state index contributed by atoms with van der Waals surface area (Å²) >= 11 is 1.41. The van der Waals surface area contributed by atoms with Crippen LogP contribution >= 0.6 is 23.7 Å². The minimum atomic E-state index is -0.0869. The van der Waals surface area contributed by atoms with Crippen LogP contribution in [0, 0.1) is 0 Å². The molecule has 23 heavy (non-hydrogen) atoms. The van der Waals surface area contributed by atoms with Gasteiger partial charge < -0.3 is 20.1 Å². The first-order valence-corrected chi connectivity index (χ1v) is 7.91. The molecule has 1 aliphatic heterocycles. The van der Waals surface area contributed by atoms with Crippen molar-refractivity contribution in [3.63, 3.8) is 0 Å². The van der Waals surface area contributed by atoms with Gasteiger partial charge in [-0.1, -0.05) is 6.07 Å². The fraction of sp³-hybridized carbons (Fsp3) is 0.333. The van der Waals surface area contributed by atoms with Crippen LogP contribution in [0.25, 0.3) is 0 Å². The third-order valence-corrected chi connectivity index (χ3v) is 4.30. The second-order valence-electron chi connectivity index (χ2n) is 4.84. The van der Waals surface area contributed by atoms with Crippen molar-refractivity contribution in [2.24, 2.45) is 5.73 Å². The minimum absolute atomic E-state index is 0. The number of nitrogens with zero attached hydrogens (tertiary/aromatic N) is 2. The maximum absolute atomic E-state index is 12.5. The number of carbonyl (C=O) groups is 1. The summed E-state index contributed by atoms with van der Waals surface area (Å²) in [6, 6.07) is 5.71. The third-order valence-electron chi connectivity index (χ3n) is 3.42. The molecule has 1 aliphatic rings. The summed E-state index contributed by atoms with van der Waals surface area (Å²) in [6.45, 7) is 3.65. The molecule has 124 valence electrons. The van der Waals surface area contributed by atoms with E-state index in [0.717, 1.165) is 22.1 Å². The number of amides is 1. The highest BCUT2D eigenvalue weighted by molar-refractivity contribution is 7.09. The van der Waals surface area contributed by atoms with Crippen LogP contribution < -0.4 is 15.2 Å². The van der Waals surface area contributed by atoms with Crippen molar-refractivity contribution in [1.29, 1.82) is 0 Å². The van der Waals surface area contributed by atoms with Crippen LogP contribution in [0.4, 0.5) is 0 Å². The SMILES string of the molecule is CCN(Cc1ccc2c(c1)OCO2)C(=O)c1csc(CN)n1.Cl. The summed E-state index contributed by atoms with van der Waals surface area (Å²) in [6.07, 6.45) is 0. The Morgan fingerprint density at radius 3 is 2.87 bits per heavy atom. The zero-order valence-electron chi connectivity index (χ0n) is 12.7. The van der Waals surface area contributed by atoms with Gasteiger partial charge in [0.05, 0.1) is 0 Å². The maximum Gasteiger partial charge on any atom is 0.273 e. The predicted molar refractivity (Wildman–Crippen MR) is 90.2 cm³/mol. The molecule has 0 unspecified atom stereocenters. The van der Waals surface area contributed by atoms with E-state index < -0.39 is 0 Å². The molecule has 0 radical (unpaired) electrons. The van der Waals surface area contributed by atoms with Gasteiger partial charge in [0, 0.05) is 25.0 Å². The second-order valence-corrected chi connectivity index (χ2v) is 5.78. The van der Waals surface area contributed by atoms with Crippen LogP contribution in [-0.4, -0.2) is 29.1 Å². The predicted octanol–water partition coefficient (Wildman–Crippen LogP) is 2.41. The molecule has 0 saturated heterocycles. The number of hydrogen-bond donors (Lipinski definition) is 1. The zero-order valence-corrected chi connectivity index (χ0v) is 14.3. The number of hydrogen-bond acceptors (Lipinski definition) is 6. The van der Waals surface area contributed by atoms with E-state index in [-0.39, 0.29) is 25.1 Å². The quantitative estimate of drug-likeness (QED) is 0.891. The molecule has 1 aromatic carbocycles. The highest BCUT2D eigenvalue weighted by Gasteiger charge is 2.19. The molecule has 1 amide bonds. The van der Waals surface area contributed by atoms with Crippen molar-refractivity contribution in [3.05, 3.63) is 39.8 Å². The number of thiazole rings is 1. The van der Waals surface area contributed by atoms with Crippen molar-refractivity contribution in [1.82, 2.24) is 9.88 Å². The molecule has 0 fully saturated rings. The molecule has 2 N–H and O–H groups in total. The van der Waals surface area contributed by atoms with E-state index in [9.17, 15) is 4.79 Å². The normalized spacial score (nSPS) is 11.9. The highest BCUT2D eigenvalue weighted by Crippen LogP contribution is 2.32. The van der Waals surface area contributed by atoms with Gasteiger partial charge >= 0.3 is 0 Å². The van der Waals surface area contributed by atoms with E-state index >= 15 is 0 Å². The Morgan fingerprint density at radius 1 is 1.39 bits per heavy atom. The molecular formula is C15H18ClN3O3S. The van der Waals surface area contributed by atoms with Gasteiger partial charge in [-0.15, -0.1) is 23.7 Å². The van der Waals surface area contributed by atoms with Gasteiger partial charge in [-0.3, -0.25) is 4.79 Å². The largest absolute Gasteiger partial charge is 0.454 e. The number of aromatic nitrogens is 1. The van der Waals surface area contributed by atoms with E-state index in [1.165, 1.54) is 11.3 Å². The number of ether oxygens (including phenoxy) is 2. The number of carbonyl (C=O) groups excluding carboxylic acids is 1. The van der Waals surface area contributed by atoms with Gasteiger partial charge in [0.15, 0.2) is 11.5 Å². The molecule has 3 rings (SSSR count). The van der Waals surface area contributed by atoms with E-state index in [0.29, 0.717) is 25.3 Å². The van der Waals surface area contributed by atoms with E-state index in [1.807, 2.05) is 25.1 Å². The molecule has 0 bridgehead atoms. The number of fused-ring (bicyclic) bond motifs is 1. The van der Waals surface area contributed by atoms with Crippen molar-refractivity contribution in [2.75, 3.05) is 13.3 Å². The lowest BCUT2D eigenvalue weighted by Crippen LogP contribution is -2.30. The first-order valence-electron chi connectivity index (χ1n) is 7.03. The molecule has 1 aromatic heterocycles. The standard InChI is InChI=1S/C15H17N3O3S.ClH/c1-2-18(15(19)11-8-22-14(6-16)17-11)7-10-3-4-12-13(5-10)21-9-20-12;/h3-5,8H,2,6-7,9,16H2,1H3;1H. The highest BCUT2D eigenvalue weighted by atomic mass is 35.5. The molecular weight excluding hydrogens is 338 g/mol. The van der Waals surface area contributed by atoms with Gasteiger partial charge in [0.1, 0.15) is 10.7 Å². The molecule has 0 aliphatic carbocycles. The molecule has 0 spiro atoms. The Morgan fingerprint density at radius 2 is 2.17 bits per heavy atom. The average Bonchev–Trinajstić information content (AvgIpc) is 3.20. The Hall–Kier alpha value is -1.83. The van der Waals surface area contributed by atoms with E-state index in [4.69, 9.17) is 15.2 Å². The maximum atomic E-state index is 12.5. The fourth-order valence-corrected chi connectivity index (χ4v) is 2.90. The zero-order chi connectivity index (χ0) is 15.5. The Bertz CT molecular complexity index is 692. The lowest BCUT2D eigenvalue weighted by molar-refractivity contribution is 0.0747. The van der Waals surface area contributed by atoms with Crippen molar-refractivity contribution >= 4 is 29.7 Å². The summed E-state index contributed by atoms with van der Waals surface area (Å²) in [5.41, 5.74) is 6.99. The van der Waals surface area contributed by atoms with Crippen molar-refractivity contribution in [2.45, 2.75) is 20.0 Å². The second kappa shape index (κ2) is 7.63. The third kappa shape index (κ3) is 3.74. The Labute approximate surface area is 144 Å². The van der Waals surface area contributed by atoms with Crippen LogP contribution in [0.5, 0.6) is 11.5 Å². The first kappa shape index (κ1) is 17.5. The van der Waals surface area contributed by atoms with Crippen LogP contribution in [0.3, 0.4) is 0 Å². The number of benzene rings is 1. The lowest BCUT2D eigenvalue weighted by atomic mass is 10.2. The number of nitrogens with two attached hydrogens (primary N) is 1. The molecule has 2 heterocycles. The van der Waals surface area contributed by atoms with Gasteiger partial charge in [-0.05, 0) is 24.6 Å². The topological polar surface area (TPSA) is 77.7 Å². The van der Waals surface area contributed by atoms with Crippen LogP contribution in [-0.2, 0) is 13.1 Å². The Balaban J connectivity index is 0.00000192. The number of halogens is 1. The van der Waals surface area contributed by atoms with Gasteiger partial charge in [-0.25, -0.2) is 4.98 Å². The molecule has 6 nitrogen and oxygen atoms in total. The van der Waals surface area contributed by atoms with Crippen LogP contribution in [0.15, 0.2) is 23.6 Å². The summed E-state index contributed by atoms with van der Waals surface area (Å²) in [7, 11) is 0. The lowest BCUT2D eigenvalue weighted by Gasteiger charge is -2.20. The van der Waals surface area contributed by atoms with Crippen molar-refractivity contribution in [3.8, 4) is 11.5 Å². The molecule has 2 aromatic rings. The van der Waals surface area contributed by atoms with E-state index in [2.05, 4.69) is 4.98 Å². The van der Waals surface area contributed by atoms with Crippen LogP contribution in [0.2, 0.25) is 0 Å². The average molecular weight is 356 g/mol. The van der Waals surface area contributed by atoms with E-state index in [1.54, 1.807) is 10.3 Å². The molecule has 0 atom stereocenters. The van der Waals surface area contributed by atoms with Gasteiger partial charge in [0.25, 0.3) is 5.91 Å². The van der Waals surface area contributed by atoms with Gasteiger partial charge in [0.2, 0.25) is 6.79 Å². The smallest absolute Gasteiger partial charge is 0.273 e.